The molecule has 3 heteroatoms. The first kappa shape index (κ1) is 14.1. The lowest BCUT2D eigenvalue weighted by molar-refractivity contribution is -0.360. The zero-order chi connectivity index (χ0) is 16.3. The fourth-order valence-corrected chi connectivity index (χ4v) is 8.81. The van der Waals surface area contributed by atoms with Gasteiger partial charge in [-0.15, -0.1) is 0 Å². The summed E-state index contributed by atoms with van der Waals surface area (Å²) in [5, 5.41) is 0. The standard InChI is InChI=1S/C20H30O3/c1-15(2,3)19-17-8-7-9-18(17)12-10-11(17)13(21-19)14(12)22-20(18,23-19)16(4,5)6/h11-14H,7-10H2,1-6H3/t11-,12+,13+,14-,17-,18+,19+,20-. The van der Waals surface area contributed by atoms with Crippen molar-refractivity contribution in [1.82, 2.24) is 0 Å². The minimum Gasteiger partial charge on any atom is -0.342 e. The Labute approximate surface area is 139 Å². The summed E-state index contributed by atoms with van der Waals surface area (Å²) in [5.41, 5.74) is 0.321. The van der Waals surface area contributed by atoms with Crippen molar-refractivity contribution in [3.05, 3.63) is 0 Å². The van der Waals surface area contributed by atoms with Gasteiger partial charge >= 0.3 is 0 Å². The molecule has 6 rings (SSSR count). The molecular weight excluding hydrogens is 288 g/mol. The Bertz CT molecular complexity index is 578. The van der Waals surface area contributed by atoms with Crippen LogP contribution < -0.4 is 0 Å². The normalized spacial score (nSPS) is 64.4. The van der Waals surface area contributed by atoms with Crippen molar-refractivity contribution >= 4 is 0 Å². The molecule has 0 N–H and O–H groups in total. The van der Waals surface area contributed by atoms with Gasteiger partial charge in [0.1, 0.15) is 0 Å². The highest BCUT2D eigenvalue weighted by atomic mass is 16.8. The first-order valence-corrected chi connectivity index (χ1v) is 9.64. The Morgan fingerprint density at radius 3 is 1.57 bits per heavy atom. The number of ether oxygens (including phenoxy) is 3. The van der Waals surface area contributed by atoms with Crippen molar-refractivity contribution < 1.29 is 14.2 Å². The molecule has 2 spiro atoms. The second kappa shape index (κ2) is 3.17. The second-order valence-electron chi connectivity index (χ2n) is 11.2. The monoisotopic (exact) mass is 318 g/mol. The summed E-state index contributed by atoms with van der Waals surface area (Å²) >= 11 is 0. The van der Waals surface area contributed by atoms with Crippen LogP contribution in [0.5, 0.6) is 0 Å². The number of rotatable bonds is 0. The second-order valence-corrected chi connectivity index (χ2v) is 11.2. The third-order valence-electron chi connectivity index (χ3n) is 8.87. The lowest BCUT2D eigenvalue weighted by atomic mass is 9.50. The predicted octanol–water partition coefficient (Wildman–Crippen LogP) is 4.11. The topological polar surface area (TPSA) is 27.7 Å². The summed E-state index contributed by atoms with van der Waals surface area (Å²) in [6.07, 6.45) is 5.73. The third-order valence-corrected chi connectivity index (χ3v) is 8.87. The molecule has 6 fully saturated rings. The minimum atomic E-state index is -0.459. The molecule has 3 nitrogen and oxygen atoms in total. The molecule has 0 amide bonds. The van der Waals surface area contributed by atoms with E-state index in [-0.39, 0.29) is 33.9 Å². The van der Waals surface area contributed by atoms with E-state index < -0.39 is 11.6 Å². The van der Waals surface area contributed by atoms with Crippen LogP contribution in [0.3, 0.4) is 0 Å². The summed E-state index contributed by atoms with van der Waals surface area (Å²) in [6, 6.07) is 0. The van der Waals surface area contributed by atoms with E-state index in [9.17, 15) is 0 Å². The maximum absolute atomic E-state index is 7.14. The van der Waals surface area contributed by atoms with Crippen LogP contribution in [0.4, 0.5) is 0 Å². The highest BCUT2D eigenvalue weighted by molar-refractivity contribution is 5.41. The fourth-order valence-electron chi connectivity index (χ4n) is 8.81. The summed E-state index contributed by atoms with van der Waals surface area (Å²) in [7, 11) is 0. The van der Waals surface area contributed by atoms with Crippen LogP contribution in [0.25, 0.3) is 0 Å². The van der Waals surface area contributed by atoms with E-state index in [4.69, 9.17) is 14.2 Å². The molecule has 6 aliphatic rings. The van der Waals surface area contributed by atoms with E-state index >= 15 is 0 Å². The molecular formula is C20H30O3. The van der Waals surface area contributed by atoms with Crippen LogP contribution in [-0.4, -0.2) is 23.8 Å². The van der Waals surface area contributed by atoms with Gasteiger partial charge < -0.3 is 14.2 Å². The lowest BCUT2D eigenvalue weighted by Gasteiger charge is -2.48. The molecule has 0 aromatic rings. The van der Waals surface area contributed by atoms with Crippen molar-refractivity contribution in [2.75, 3.05) is 0 Å². The highest BCUT2D eigenvalue weighted by Gasteiger charge is 3.00. The maximum Gasteiger partial charge on any atom is 0.183 e. The molecule has 2 bridgehead atoms. The number of hydrogen-bond donors (Lipinski definition) is 0. The van der Waals surface area contributed by atoms with Gasteiger partial charge in [-0.1, -0.05) is 48.0 Å². The van der Waals surface area contributed by atoms with Crippen LogP contribution in [-0.2, 0) is 14.2 Å². The van der Waals surface area contributed by atoms with Crippen molar-refractivity contribution in [2.45, 2.75) is 91.0 Å². The maximum atomic E-state index is 7.14. The predicted molar refractivity (Wildman–Crippen MR) is 85.5 cm³/mol. The van der Waals surface area contributed by atoms with E-state index in [1.807, 2.05) is 0 Å². The molecule has 0 radical (unpaired) electrons. The van der Waals surface area contributed by atoms with Crippen LogP contribution in [0.15, 0.2) is 0 Å². The SMILES string of the molecule is CC(C)(C)[C@]12O[C@@H]3[C@@H]4O[C@](C(C)(C)C)(O1)[C@]15CCC[C@]21[C@@H]3C[C@@H]45. The Balaban J connectivity index is 1.75. The number of fused-ring (bicyclic) bond motifs is 1. The van der Waals surface area contributed by atoms with E-state index in [2.05, 4.69) is 41.5 Å². The van der Waals surface area contributed by atoms with Crippen molar-refractivity contribution in [1.29, 1.82) is 0 Å². The molecule has 3 aliphatic carbocycles. The summed E-state index contributed by atoms with van der Waals surface area (Å²) < 4.78 is 21.0. The summed E-state index contributed by atoms with van der Waals surface area (Å²) in [6.45, 7) is 13.9. The van der Waals surface area contributed by atoms with Crippen molar-refractivity contribution in [3.63, 3.8) is 0 Å². The van der Waals surface area contributed by atoms with Crippen LogP contribution >= 0.6 is 0 Å². The summed E-state index contributed by atoms with van der Waals surface area (Å²) in [4.78, 5) is 0. The van der Waals surface area contributed by atoms with Gasteiger partial charge in [-0.25, -0.2) is 0 Å². The third kappa shape index (κ3) is 0.921. The van der Waals surface area contributed by atoms with Gasteiger partial charge in [-0.05, 0) is 31.1 Å². The molecule has 3 saturated heterocycles. The molecule has 0 aromatic heterocycles. The zero-order valence-electron chi connectivity index (χ0n) is 15.4. The quantitative estimate of drug-likeness (QED) is 0.673. The van der Waals surface area contributed by atoms with Crippen molar-refractivity contribution in [3.8, 4) is 0 Å². The minimum absolute atomic E-state index is 0.0277. The molecule has 0 unspecified atom stereocenters. The number of hydrogen-bond acceptors (Lipinski definition) is 3. The Kier molecular flexibility index (Phi) is 1.94. The molecule has 3 saturated carbocycles. The zero-order valence-corrected chi connectivity index (χ0v) is 15.4. The summed E-state index contributed by atoms with van der Waals surface area (Å²) in [5.74, 6) is 0.398. The van der Waals surface area contributed by atoms with Gasteiger partial charge in [0.15, 0.2) is 11.6 Å². The molecule has 23 heavy (non-hydrogen) atoms. The molecule has 3 heterocycles. The van der Waals surface area contributed by atoms with E-state index in [1.165, 1.54) is 25.7 Å². The van der Waals surface area contributed by atoms with E-state index in [0.717, 1.165) is 0 Å². The van der Waals surface area contributed by atoms with E-state index in [1.54, 1.807) is 0 Å². The lowest BCUT2D eigenvalue weighted by Crippen LogP contribution is -2.56. The first-order chi connectivity index (χ1) is 10.6. The average molecular weight is 318 g/mol. The van der Waals surface area contributed by atoms with Gasteiger partial charge in [0, 0.05) is 21.7 Å². The molecule has 8 atom stereocenters. The Hall–Kier alpha value is -0.120. The van der Waals surface area contributed by atoms with Gasteiger partial charge in [-0.3, -0.25) is 0 Å². The Morgan fingerprint density at radius 1 is 0.739 bits per heavy atom. The Morgan fingerprint density at radius 2 is 1.17 bits per heavy atom. The smallest absolute Gasteiger partial charge is 0.183 e. The highest BCUT2D eigenvalue weighted by Crippen LogP contribution is 2.94. The largest absolute Gasteiger partial charge is 0.342 e. The van der Waals surface area contributed by atoms with Crippen LogP contribution in [0, 0.1) is 33.5 Å². The molecule has 128 valence electrons. The van der Waals surface area contributed by atoms with Gasteiger partial charge in [-0.2, -0.15) is 0 Å². The average Bonchev–Trinajstić information content (AvgIpc) is 3.07. The van der Waals surface area contributed by atoms with E-state index in [0.29, 0.717) is 11.8 Å². The van der Waals surface area contributed by atoms with Crippen molar-refractivity contribution in [2.24, 2.45) is 33.5 Å². The molecule has 0 aromatic carbocycles. The van der Waals surface area contributed by atoms with Gasteiger partial charge in [0.25, 0.3) is 0 Å². The van der Waals surface area contributed by atoms with Crippen LogP contribution in [0.1, 0.15) is 67.2 Å². The first-order valence-electron chi connectivity index (χ1n) is 9.64. The molecule has 3 aliphatic heterocycles. The van der Waals surface area contributed by atoms with Crippen LogP contribution in [0.2, 0.25) is 0 Å². The fraction of sp³-hybridized carbons (Fsp3) is 1.00. The van der Waals surface area contributed by atoms with Gasteiger partial charge in [0.2, 0.25) is 0 Å². The van der Waals surface area contributed by atoms with Gasteiger partial charge in [0.05, 0.1) is 12.2 Å².